The highest BCUT2D eigenvalue weighted by Gasteiger charge is 2.12. The average molecular weight is 344 g/mol. The average Bonchev–Trinajstić information content (AvgIpc) is 2.70. The van der Waals surface area contributed by atoms with Crippen LogP contribution in [0.25, 0.3) is 22.2 Å². The van der Waals surface area contributed by atoms with Gasteiger partial charge in [-0.15, -0.1) is 0 Å². The third-order valence-electron chi connectivity index (χ3n) is 3.80. The number of carbonyl (C=O) groups excluding carboxylic acids is 1. The number of benzene rings is 1. The van der Waals surface area contributed by atoms with E-state index in [9.17, 15) is 9.59 Å². The Morgan fingerprint density at radius 2 is 1.88 bits per heavy atom. The van der Waals surface area contributed by atoms with Gasteiger partial charge in [0, 0.05) is 12.4 Å². The molecule has 3 heterocycles. The predicted octanol–water partition coefficient (Wildman–Crippen LogP) is 3.47. The maximum Gasteiger partial charge on any atom is 0.345 e. The van der Waals surface area contributed by atoms with Crippen molar-refractivity contribution in [3.63, 3.8) is 0 Å². The molecule has 0 unspecified atom stereocenters. The van der Waals surface area contributed by atoms with Crippen molar-refractivity contribution in [2.24, 2.45) is 0 Å². The van der Waals surface area contributed by atoms with E-state index in [1.54, 1.807) is 54.7 Å². The Morgan fingerprint density at radius 3 is 2.65 bits per heavy atom. The van der Waals surface area contributed by atoms with Gasteiger partial charge in [-0.3, -0.25) is 14.8 Å². The Kier molecular flexibility index (Phi) is 3.99. The van der Waals surface area contributed by atoms with Crippen LogP contribution in [0.1, 0.15) is 10.4 Å². The van der Waals surface area contributed by atoms with Gasteiger partial charge in [-0.1, -0.05) is 12.1 Å². The SMILES string of the molecule is O=C(Oc1ccc(-c2coc3ccccc3c2=O)nc1)c1cccnc1. The molecule has 0 saturated carbocycles. The number of pyridine rings is 2. The summed E-state index contributed by atoms with van der Waals surface area (Å²) in [4.78, 5) is 32.7. The lowest BCUT2D eigenvalue weighted by atomic mass is 10.1. The zero-order chi connectivity index (χ0) is 17.9. The number of esters is 1. The van der Waals surface area contributed by atoms with Gasteiger partial charge >= 0.3 is 5.97 Å². The second kappa shape index (κ2) is 6.60. The molecule has 6 nitrogen and oxygen atoms in total. The molecule has 0 bridgehead atoms. The first-order valence-electron chi connectivity index (χ1n) is 7.81. The van der Waals surface area contributed by atoms with Gasteiger partial charge in [0.2, 0.25) is 5.43 Å². The molecule has 0 atom stereocenters. The molecule has 0 spiro atoms. The molecule has 0 aliphatic carbocycles. The normalized spacial score (nSPS) is 10.6. The molecule has 1 aromatic carbocycles. The van der Waals surface area contributed by atoms with Gasteiger partial charge in [0.15, 0.2) is 0 Å². The summed E-state index contributed by atoms with van der Waals surface area (Å²) in [5.41, 5.74) is 1.47. The molecule has 4 rings (SSSR count). The van der Waals surface area contributed by atoms with Crippen LogP contribution < -0.4 is 10.2 Å². The first-order valence-corrected chi connectivity index (χ1v) is 7.81. The van der Waals surface area contributed by atoms with Crippen molar-refractivity contribution in [1.82, 2.24) is 9.97 Å². The quantitative estimate of drug-likeness (QED) is 0.529. The molecule has 6 heteroatoms. The zero-order valence-electron chi connectivity index (χ0n) is 13.5. The molecule has 0 fully saturated rings. The fourth-order valence-corrected chi connectivity index (χ4v) is 2.50. The van der Waals surface area contributed by atoms with Crippen LogP contribution >= 0.6 is 0 Å². The summed E-state index contributed by atoms with van der Waals surface area (Å²) >= 11 is 0. The summed E-state index contributed by atoms with van der Waals surface area (Å²) in [5.74, 6) is -0.259. The maximum absolute atomic E-state index is 12.6. The van der Waals surface area contributed by atoms with Gasteiger partial charge in [0.1, 0.15) is 17.6 Å². The van der Waals surface area contributed by atoms with Crippen molar-refractivity contribution in [1.29, 1.82) is 0 Å². The second-order valence-corrected chi connectivity index (χ2v) is 5.49. The number of fused-ring (bicyclic) bond motifs is 1. The predicted molar refractivity (Wildman–Crippen MR) is 94.9 cm³/mol. The van der Waals surface area contributed by atoms with Gasteiger partial charge < -0.3 is 9.15 Å². The van der Waals surface area contributed by atoms with Crippen molar-refractivity contribution in [3.8, 4) is 17.0 Å². The van der Waals surface area contributed by atoms with Gasteiger partial charge in [0.05, 0.1) is 28.4 Å². The van der Waals surface area contributed by atoms with Crippen LogP contribution in [-0.4, -0.2) is 15.9 Å². The van der Waals surface area contributed by atoms with E-state index < -0.39 is 5.97 Å². The number of rotatable bonds is 3. The minimum atomic E-state index is -0.530. The Hall–Kier alpha value is -3.80. The lowest BCUT2D eigenvalue weighted by Gasteiger charge is -2.05. The first-order chi connectivity index (χ1) is 12.7. The van der Waals surface area contributed by atoms with Gasteiger partial charge in [-0.25, -0.2) is 4.79 Å². The molecule has 26 heavy (non-hydrogen) atoms. The Morgan fingerprint density at radius 1 is 1.00 bits per heavy atom. The molecule has 126 valence electrons. The second-order valence-electron chi connectivity index (χ2n) is 5.49. The van der Waals surface area contributed by atoms with Gasteiger partial charge in [0.25, 0.3) is 0 Å². The summed E-state index contributed by atoms with van der Waals surface area (Å²) in [6.45, 7) is 0. The van der Waals surface area contributed by atoms with Crippen LogP contribution in [0, 0.1) is 0 Å². The maximum atomic E-state index is 12.6. The van der Waals surface area contributed by atoms with Crippen molar-refractivity contribution >= 4 is 16.9 Å². The number of carbonyl (C=O) groups is 1. The minimum absolute atomic E-state index is 0.167. The summed E-state index contributed by atoms with van der Waals surface area (Å²) in [6.07, 6.45) is 5.76. The van der Waals surface area contributed by atoms with E-state index in [0.29, 0.717) is 27.8 Å². The highest BCUT2D eigenvalue weighted by molar-refractivity contribution is 5.90. The van der Waals surface area contributed by atoms with E-state index in [1.807, 2.05) is 0 Å². The topological polar surface area (TPSA) is 82.3 Å². The number of hydrogen-bond acceptors (Lipinski definition) is 6. The summed E-state index contributed by atoms with van der Waals surface area (Å²) < 4.78 is 10.7. The summed E-state index contributed by atoms with van der Waals surface area (Å²) in [5, 5.41) is 0.485. The van der Waals surface area contributed by atoms with Crippen LogP contribution in [-0.2, 0) is 0 Å². The van der Waals surface area contributed by atoms with E-state index in [0.717, 1.165) is 0 Å². The van der Waals surface area contributed by atoms with Crippen LogP contribution in [0.15, 0.2) is 82.6 Å². The number of aromatic nitrogens is 2. The van der Waals surface area contributed by atoms with Gasteiger partial charge in [-0.2, -0.15) is 0 Å². The van der Waals surface area contributed by atoms with Crippen LogP contribution in [0.5, 0.6) is 5.75 Å². The third-order valence-corrected chi connectivity index (χ3v) is 3.80. The highest BCUT2D eigenvalue weighted by atomic mass is 16.5. The smallest absolute Gasteiger partial charge is 0.345 e. The molecule has 0 aliphatic heterocycles. The highest BCUT2D eigenvalue weighted by Crippen LogP contribution is 2.20. The Labute approximate surface area is 147 Å². The van der Waals surface area contributed by atoms with E-state index in [1.165, 1.54) is 18.7 Å². The fraction of sp³-hybridized carbons (Fsp3) is 0. The Balaban J connectivity index is 1.61. The molecule has 3 aromatic heterocycles. The van der Waals surface area contributed by atoms with Gasteiger partial charge in [-0.05, 0) is 36.4 Å². The van der Waals surface area contributed by atoms with Crippen molar-refractivity contribution in [2.45, 2.75) is 0 Å². The lowest BCUT2D eigenvalue weighted by Crippen LogP contribution is -2.09. The third kappa shape index (κ3) is 2.95. The van der Waals surface area contributed by atoms with E-state index in [4.69, 9.17) is 9.15 Å². The first kappa shape index (κ1) is 15.7. The molecule has 0 aliphatic rings. The monoisotopic (exact) mass is 344 g/mol. The lowest BCUT2D eigenvalue weighted by molar-refractivity contribution is 0.0733. The Bertz CT molecular complexity index is 1140. The molecule has 0 saturated heterocycles. The standard InChI is InChI=1S/C20H12N2O4/c23-19-15-5-1-2-6-18(15)25-12-16(19)17-8-7-14(11-22-17)26-20(24)13-4-3-9-21-10-13/h1-12H. The van der Waals surface area contributed by atoms with Crippen molar-refractivity contribution in [2.75, 3.05) is 0 Å². The van der Waals surface area contributed by atoms with Crippen molar-refractivity contribution in [3.05, 3.63) is 89.2 Å². The fourth-order valence-electron chi connectivity index (χ4n) is 2.50. The van der Waals surface area contributed by atoms with Crippen LogP contribution in [0.2, 0.25) is 0 Å². The summed E-state index contributed by atoms with van der Waals surface area (Å²) in [6, 6.07) is 13.4. The van der Waals surface area contributed by atoms with E-state index in [-0.39, 0.29) is 11.2 Å². The van der Waals surface area contributed by atoms with Crippen LogP contribution in [0.3, 0.4) is 0 Å². The number of ether oxygens (including phenoxy) is 1. The summed E-state index contributed by atoms with van der Waals surface area (Å²) in [7, 11) is 0. The largest absolute Gasteiger partial charge is 0.463 e. The molecule has 4 aromatic rings. The molecular formula is C20H12N2O4. The molecule has 0 amide bonds. The molecular weight excluding hydrogens is 332 g/mol. The number of para-hydroxylation sites is 1. The van der Waals surface area contributed by atoms with E-state index in [2.05, 4.69) is 9.97 Å². The number of nitrogens with zero attached hydrogens (tertiary/aromatic N) is 2. The number of hydrogen-bond donors (Lipinski definition) is 0. The zero-order valence-corrected chi connectivity index (χ0v) is 13.5. The molecule has 0 radical (unpaired) electrons. The minimum Gasteiger partial charge on any atom is -0.463 e. The molecule has 0 N–H and O–H groups in total. The van der Waals surface area contributed by atoms with E-state index >= 15 is 0 Å². The van der Waals surface area contributed by atoms with Crippen molar-refractivity contribution < 1.29 is 13.9 Å². The van der Waals surface area contributed by atoms with Crippen LogP contribution in [0.4, 0.5) is 0 Å².